The summed E-state index contributed by atoms with van der Waals surface area (Å²) in [5.41, 5.74) is 4.71. The van der Waals surface area contributed by atoms with Crippen molar-refractivity contribution in [2.75, 3.05) is 11.9 Å². The van der Waals surface area contributed by atoms with Crippen LogP contribution >= 0.6 is 0 Å². The first-order valence-electron chi connectivity index (χ1n) is 5.32. The van der Waals surface area contributed by atoms with Gasteiger partial charge in [-0.05, 0) is 32.0 Å². The van der Waals surface area contributed by atoms with Gasteiger partial charge < -0.3 is 15.8 Å². The summed E-state index contributed by atoms with van der Waals surface area (Å²) in [6, 6.07) is 5.63. The molecule has 0 fully saturated rings. The summed E-state index contributed by atoms with van der Waals surface area (Å²) in [5.74, 6) is -1.03. The summed E-state index contributed by atoms with van der Waals surface area (Å²) in [6.45, 7) is 3.06. The van der Waals surface area contributed by atoms with Crippen LogP contribution in [0.1, 0.15) is 13.8 Å². The van der Waals surface area contributed by atoms with Crippen molar-refractivity contribution >= 4 is 17.4 Å². The van der Waals surface area contributed by atoms with Crippen LogP contribution in [0.4, 0.5) is 10.1 Å². The SMILES string of the molecule is CN(C(=O)C(C)(C)C(N)=NO)c1cccc(F)c1. The quantitative estimate of drug-likeness (QED) is 0.371. The van der Waals surface area contributed by atoms with E-state index in [9.17, 15) is 9.18 Å². The Balaban J connectivity index is 3.05. The molecule has 98 valence electrons. The van der Waals surface area contributed by atoms with Gasteiger partial charge in [0.15, 0.2) is 5.84 Å². The predicted molar refractivity (Wildman–Crippen MR) is 67.0 cm³/mol. The van der Waals surface area contributed by atoms with E-state index in [0.29, 0.717) is 5.69 Å². The van der Waals surface area contributed by atoms with E-state index in [1.165, 1.54) is 44.0 Å². The summed E-state index contributed by atoms with van der Waals surface area (Å²) in [4.78, 5) is 13.5. The van der Waals surface area contributed by atoms with E-state index >= 15 is 0 Å². The molecule has 1 amide bonds. The van der Waals surface area contributed by atoms with E-state index in [4.69, 9.17) is 10.9 Å². The van der Waals surface area contributed by atoms with Crippen molar-refractivity contribution < 1.29 is 14.4 Å². The largest absolute Gasteiger partial charge is 0.409 e. The molecule has 0 saturated heterocycles. The first-order chi connectivity index (χ1) is 8.30. The summed E-state index contributed by atoms with van der Waals surface area (Å²) < 4.78 is 13.1. The highest BCUT2D eigenvalue weighted by Gasteiger charge is 2.35. The maximum Gasteiger partial charge on any atom is 0.240 e. The van der Waals surface area contributed by atoms with Crippen molar-refractivity contribution in [1.82, 2.24) is 0 Å². The third-order valence-corrected chi connectivity index (χ3v) is 2.78. The minimum absolute atomic E-state index is 0.198. The topological polar surface area (TPSA) is 78.9 Å². The maximum absolute atomic E-state index is 13.1. The fraction of sp³-hybridized carbons (Fsp3) is 0.333. The average molecular weight is 253 g/mol. The number of nitrogens with two attached hydrogens (primary N) is 1. The molecule has 6 heteroatoms. The number of hydrogen-bond donors (Lipinski definition) is 2. The number of rotatable bonds is 3. The Morgan fingerprint density at radius 1 is 1.50 bits per heavy atom. The zero-order valence-electron chi connectivity index (χ0n) is 10.5. The molecule has 0 heterocycles. The van der Waals surface area contributed by atoms with Crippen LogP contribution in [0.3, 0.4) is 0 Å². The highest BCUT2D eigenvalue weighted by Crippen LogP contribution is 2.23. The van der Waals surface area contributed by atoms with Crippen LogP contribution < -0.4 is 10.6 Å². The third kappa shape index (κ3) is 2.58. The second-order valence-corrected chi connectivity index (χ2v) is 4.45. The molecule has 0 aliphatic heterocycles. The number of carbonyl (C=O) groups excluding carboxylic acids is 1. The van der Waals surface area contributed by atoms with Crippen LogP contribution in [0.15, 0.2) is 29.4 Å². The molecule has 0 aromatic heterocycles. The van der Waals surface area contributed by atoms with Crippen LogP contribution in [-0.2, 0) is 4.79 Å². The van der Waals surface area contributed by atoms with Gasteiger partial charge in [0.2, 0.25) is 5.91 Å². The smallest absolute Gasteiger partial charge is 0.240 e. The van der Waals surface area contributed by atoms with Crippen molar-refractivity contribution in [1.29, 1.82) is 0 Å². The zero-order chi connectivity index (χ0) is 13.9. The van der Waals surface area contributed by atoms with Gasteiger partial charge in [0.25, 0.3) is 0 Å². The number of benzene rings is 1. The van der Waals surface area contributed by atoms with Crippen LogP contribution in [0, 0.1) is 11.2 Å². The Labute approximate surface area is 105 Å². The van der Waals surface area contributed by atoms with Gasteiger partial charge in [-0.1, -0.05) is 11.2 Å². The highest BCUT2D eigenvalue weighted by molar-refractivity contribution is 6.11. The Bertz CT molecular complexity index is 486. The Morgan fingerprint density at radius 3 is 2.61 bits per heavy atom. The molecular formula is C12H16FN3O2. The summed E-state index contributed by atoms with van der Waals surface area (Å²) in [5, 5.41) is 11.5. The number of nitrogens with zero attached hydrogens (tertiary/aromatic N) is 2. The number of anilines is 1. The van der Waals surface area contributed by atoms with Crippen LogP contribution in [0.25, 0.3) is 0 Å². The summed E-state index contributed by atoms with van der Waals surface area (Å²) in [6.07, 6.45) is 0. The minimum atomic E-state index is -1.17. The number of hydrogen-bond acceptors (Lipinski definition) is 3. The number of amides is 1. The first-order valence-corrected chi connectivity index (χ1v) is 5.32. The molecule has 0 unspecified atom stereocenters. The van der Waals surface area contributed by atoms with Gasteiger partial charge in [-0.25, -0.2) is 4.39 Å². The predicted octanol–water partition coefficient (Wildman–Crippen LogP) is 1.56. The Hall–Kier alpha value is -2.11. The molecule has 0 aliphatic carbocycles. The van der Waals surface area contributed by atoms with Gasteiger partial charge >= 0.3 is 0 Å². The van der Waals surface area contributed by atoms with Crippen LogP contribution in [-0.4, -0.2) is 24.0 Å². The third-order valence-electron chi connectivity index (χ3n) is 2.78. The second kappa shape index (κ2) is 5.03. The van der Waals surface area contributed by atoms with Gasteiger partial charge in [0.05, 0.1) is 0 Å². The normalized spacial score (nSPS) is 12.3. The molecule has 3 N–H and O–H groups in total. The molecular weight excluding hydrogens is 237 g/mol. The lowest BCUT2D eigenvalue weighted by Gasteiger charge is -2.28. The van der Waals surface area contributed by atoms with Crippen molar-refractivity contribution in [3.8, 4) is 0 Å². The molecule has 0 bridgehead atoms. The minimum Gasteiger partial charge on any atom is -0.409 e. The van der Waals surface area contributed by atoms with E-state index in [1.807, 2.05) is 0 Å². The fourth-order valence-electron chi connectivity index (χ4n) is 1.46. The molecule has 1 aromatic carbocycles. The molecule has 0 spiro atoms. The molecule has 18 heavy (non-hydrogen) atoms. The monoisotopic (exact) mass is 253 g/mol. The second-order valence-electron chi connectivity index (χ2n) is 4.45. The van der Waals surface area contributed by atoms with Gasteiger partial charge in [-0.15, -0.1) is 0 Å². The maximum atomic E-state index is 13.1. The molecule has 0 aliphatic rings. The lowest BCUT2D eigenvalue weighted by Crippen LogP contribution is -2.46. The number of halogens is 1. The molecule has 0 atom stereocenters. The van der Waals surface area contributed by atoms with Crippen molar-refractivity contribution in [2.45, 2.75) is 13.8 Å². The standard InChI is InChI=1S/C12H16FN3O2/c1-12(2,10(14)15-18)11(17)16(3)9-6-4-5-8(13)7-9/h4-7,18H,1-3H3,(H2,14,15). The Morgan fingerprint density at radius 2 is 2.11 bits per heavy atom. The zero-order valence-corrected chi connectivity index (χ0v) is 10.5. The van der Waals surface area contributed by atoms with Gasteiger partial charge in [0, 0.05) is 12.7 Å². The lowest BCUT2D eigenvalue weighted by atomic mass is 9.90. The number of carbonyl (C=O) groups is 1. The molecule has 0 saturated carbocycles. The molecule has 1 aromatic rings. The van der Waals surface area contributed by atoms with E-state index in [2.05, 4.69) is 5.16 Å². The van der Waals surface area contributed by atoms with Crippen LogP contribution in [0.2, 0.25) is 0 Å². The fourth-order valence-corrected chi connectivity index (χ4v) is 1.46. The van der Waals surface area contributed by atoms with Crippen molar-refractivity contribution in [2.24, 2.45) is 16.3 Å². The van der Waals surface area contributed by atoms with E-state index in [-0.39, 0.29) is 5.84 Å². The van der Waals surface area contributed by atoms with Gasteiger partial charge in [0.1, 0.15) is 11.2 Å². The summed E-state index contributed by atoms with van der Waals surface area (Å²) in [7, 11) is 1.50. The molecule has 5 nitrogen and oxygen atoms in total. The van der Waals surface area contributed by atoms with Crippen molar-refractivity contribution in [3.05, 3.63) is 30.1 Å². The molecule has 0 radical (unpaired) electrons. The number of amidine groups is 1. The lowest BCUT2D eigenvalue weighted by molar-refractivity contribution is -0.123. The Kier molecular flexibility index (Phi) is 3.90. The van der Waals surface area contributed by atoms with E-state index in [0.717, 1.165) is 0 Å². The van der Waals surface area contributed by atoms with E-state index in [1.54, 1.807) is 6.07 Å². The van der Waals surface area contributed by atoms with Gasteiger partial charge in [-0.2, -0.15) is 0 Å². The first kappa shape index (κ1) is 14.0. The highest BCUT2D eigenvalue weighted by atomic mass is 19.1. The van der Waals surface area contributed by atoms with Gasteiger partial charge in [-0.3, -0.25) is 4.79 Å². The average Bonchev–Trinajstić information content (AvgIpc) is 2.35. The number of oxime groups is 1. The molecule has 1 rings (SSSR count). The summed E-state index contributed by atoms with van der Waals surface area (Å²) >= 11 is 0. The van der Waals surface area contributed by atoms with Crippen molar-refractivity contribution in [3.63, 3.8) is 0 Å². The van der Waals surface area contributed by atoms with E-state index < -0.39 is 17.1 Å². The van der Waals surface area contributed by atoms with Crippen LogP contribution in [0.5, 0.6) is 0 Å².